The average molecular weight is 657 g/mol. The van der Waals surface area contributed by atoms with E-state index < -0.39 is 77.0 Å². The van der Waals surface area contributed by atoms with E-state index in [0.29, 0.717) is 0 Å². The second kappa shape index (κ2) is 15.5. The van der Waals surface area contributed by atoms with Crippen molar-refractivity contribution in [3.05, 3.63) is 62.4 Å². The van der Waals surface area contributed by atoms with Crippen LogP contribution in [0.5, 0.6) is 0 Å². The third-order valence-corrected chi connectivity index (χ3v) is 7.23. The summed E-state index contributed by atoms with van der Waals surface area (Å²) in [7, 11) is -4.13. The van der Waals surface area contributed by atoms with E-state index >= 15 is 0 Å². The van der Waals surface area contributed by atoms with E-state index in [0.717, 1.165) is 14.7 Å². The van der Waals surface area contributed by atoms with E-state index in [1.165, 1.54) is 25.3 Å². The molecular formula is C30H44N2O12S. The van der Waals surface area contributed by atoms with Gasteiger partial charge >= 0.3 is 18.0 Å². The molecule has 0 bridgehead atoms. The standard InChI is InChI=1S/C30H44N2O12S/c1-10-23(42-28(36)44-30(7,8)9)24(18-39-27(35)43-29(4,5)6)40-19-31-17-21(3)25(33)32(26(31)34)15-16-41-45(37,38)22-13-11-20(2)12-14-22/h11-14,17,23-24H,10,15-16,18-19H2,1-9H3/t23-,24?/m0/s1. The number of hydrogen-bond donors (Lipinski definition) is 0. The Morgan fingerprint density at radius 1 is 0.889 bits per heavy atom. The average Bonchev–Trinajstić information content (AvgIpc) is 2.90. The van der Waals surface area contributed by atoms with Crippen LogP contribution in [-0.2, 0) is 51.3 Å². The molecule has 252 valence electrons. The predicted octanol–water partition coefficient (Wildman–Crippen LogP) is 4.06. The smallest absolute Gasteiger partial charge is 0.431 e. The van der Waals surface area contributed by atoms with Crippen molar-refractivity contribution < 1.29 is 45.9 Å². The van der Waals surface area contributed by atoms with Crippen molar-refractivity contribution in [2.45, 2.75) is 110 Å². The monoisotopic (exact) mass is 656 g/mol. The van der Waals surface area contributed by atoms with Crippen LogP contribution in [0.25, 0.3) is 0 Å². The molecule has 0 fully saturated rings. The molecule has 45 heavy (non-hydrogen) atoms. The van der Waals surface area contributed by atoms with Gasteiger partial charge in [-0.1, -0.05) is 24.6 Å². The highest BCUT2D eigenvalue weighted by molar-refractivity contribution is 7.86. The first-order valence-corrected chi connectivity index (χ1v) is 15.8. The lowest BCUT2D eigenvalue weighted by atomic mass is 10.1. The zero-order valence-electron chi connectivity index (χ0n) is 27.3. The molecule has 14 nitrogen and oxygen atoms in total. The molecule has 0 aliphatic rings. The van der Waals surface area contributed by atoms with Gasteiger partial charge in [0.1, 0.15) is 36.7 Å². The first-order valence-electron chi connectivity index (χ1n) is 14.4. The molecule has 0 spiro atoms. The molecule has 0 radical (unpaired) electrons. The minimum absolute atomic E-state index is 0.0609. The van der Waals surface area contributed by atoms with Gasteiger partial charge in [-0.05, 0) is 73.9 Å². The maximum atomic E-state index is 13.2. The van der Waals surface area contributed by atoms with Crippen LogP contribution in [0.2, 0.25) is 0 Å². The second-order valence-electron chi connectivity index (χ2n) is 12.2. The van der Waals surface area contributed by atoms with Gasteiger partial charge in [0, 0.05) is 11.8 Å². The van der Waals surface area contributed by atoms with E-state index in [1.807, 2.05) is 6.92 Å². The van der Waals surface area contributed by atoms with E-state index in [9.17, 15) is 27.6 Å². The molecule has 0 N–H and O–H groups in total. The van der Waals surface area contributed by atoms with Gasteiger partial charge in [0.15, 0.2) is 0 Å². The summed E-state index contributed by atoms with van der Waals surface area (Å²) in [4.78, 5) is 50.6. The lowest BCUT2D eigenvalue weighted by molar-refractivity contribution is -0.118. The van der Waals surface area contributed by atoms with Crippen molar-refractivity contribution in [2.75, 3.05) is 13.2 Å². The molecule has 0 aliphatic carbocycles. The molecule has 0 aliphatic heterocycles. The van der Waals surface area contributed by atoms with Gasteiger partial charge in [-0.3, -0.25) is 18.1 Å². The maximum absolute atomic E-state index is 13.2. The van der Waals surface area contributed by atoms with Crippen LogP contribution in [0.1, 0.15) is 66.0 Å². The topological polar surface area (TPSA) is 168 Å². The third kappa shape index (κ3) is 12.3. The molecule has 2 aromatic rings. The third-order valence-electron chi connectivity index (χ3n) is 5.91. The van der Waals surface area contributed by atoms with Crippen LogP contribution >= 0.6 is 0 Å². The number of carbonyl (C=O) groups is 2. The molecule has 0 saturated heterocycles. The van der Waals surface area contributed by atoms with Crippen LogP contribution in [0.3, 0.4) is 0 Å². The number of hydrogen-bond acceptors (Lipinski definition) is 12. The number of rotatable bonds is 13. The summed E-state index contributed by atoms with van der Waals surface area (Å²) in [5.74, 6) is 0. The minimum atomic E-state index is -4.13. The Morgan fingerprint density at radius 3 is 2.02 bits per heavy atom. The summed E-state index contributed by atoms with van der Waals surface area (Å²) in [6.45, 7) is 13.3. The fraction of sp³-hybridized carbons (Fsp3) is 0.600. The van der Waals surface area contributed by atoms with Crippen LogP contribution < -0.4 is 11.2 Å². The number of benzene rings is 1. The van der Waals surface area contributed by atoms with Crippen molar-refractivity contribution >= 4 is 22.4 Å². The molecule has 0 amide bonds. The SMILES string of the molecule is CC[C@H](OC(=O)OC(C)(C)C)C(COC(=O)OC(C)(C)C)OCn1cc(C)c(=O)n(CCOS(=O)(=O)c2ccc(C)cc2)c1=O. The second-order valence-corrected chi connectivity index (χ2v) is 13.9. The maximum Gasteiger partial charge on any atom is 0.509 e. The zero-order chi connectivity index (χ0) is 34.2. The summed E-state index contributed by atoms with van der Waals surface area (Å²) in [6, 6.07) is 6.03. The van der Waals surface area contributed by atoms with Gasteiger partial charge in [0.25, 0.3) is 15.7 Å². The van der Waals surface area contributed by atoms with Crippen molar-refractivity contribution in [3.8, 4) is 0 Å². The zero-order valence-corrected chi connectivity index (χ0v) is 28.1. The molecule has 1 aromatic carbocycles. The quantitative estimate of drug-likeness (QED) is 0.224. The highest BCUT2D eigenvalue weighted by Crippen LogP contribution is 2.17. The van der Waals surface area contributed by atoms with Crippen LogP contribution in [0.4, 0.5) is 9.59 Å². The Kier molecular flexibility index (Phi) is 12.9. The first kappa shape index (κ1) is 37.5. The van der Waals surface area contributed by atoms with E-state index in [2.05, 4.69) is 0 Å². The highest BCUT2D eigenvalue weighted by Gasteiger charge is 2.30. The van der Waals surface area contributed by atoms with Crippen LogP contribution in [0, 0.1) is 13.8 Å². The molecule has 2 rings (SSSR count). The van der Waals surface area contributed by atoms with Gasteiger partial charge < -0.3 is 23.7 Å². The number of aromatic nitrogens is 2. The normalized spacial score (nSPS) is 13.5. The van der Waals surface area contributed by atoms with Crippen molar-refractivity contribution in [1.29, 1.82) is 0 Å². The molecular weight excluding hydrogens is 612 g/mol. The summed E-state index contributed by atoms with van der Waals surface area (Å²) >= 11 is 0. The van der Waals surface area contributed by atoms with Crippen LogP contribution in [-0.4, -0.2) is 66.5 Å². The molecule has 1 unspecified atom stereocenters. The Balaban J connectivity index is 2.25. The van der Waals surface area contributed by atoms with Crippen molar-refractivity contribution in [1.82, 2.24) is 9.13 Å². The van der Waals surface area contributed by atoms with E-state index in [4.69, 9.17) is 27.9 Å². The minimum Gasteiger partial charge on any atom is -0.431 e. The fourth-order valence-electron chi connectivity index (χ4n) is 3.79. The fourth-order valence-corrected chi connectivity index (χ4v) is 4.69. The summed E-state index contributed by atoms with van der Waals surface area (Å²) in [5.41, 5.74) is -2.08. The Hall–Kier alpha value is -3.69. The van der Waals surface area contributed by atoms with E-state index in [1.54, 1.807) is 60.6 Å². The van der Waals surface area contributed by atoms with Gasteiger partial charge in [-0.2, -0.15) is 8.42 Å². The summed E-state index contributed by atoms with van der Waals surface area (Å²) in [5, 5.41) is 0. The molecule has 1 aromatic heterocycles. The predicted molar refractivity (Wildman–Crippen MR) is 162 cm³/mol. The number of carbonyl (C=O) groups excluding carboxylic acids is 2. The Morgan fingerprint density at radius 2 is 1.47 bits per heavy atom. The number of aryl methyl sites for hydroxylation is 2. The molecule has 15 heteroatoms. The molecule has 1 heterocycles. The largest absolute Gasteiger partial charge is 0.509 e. The summed E-state index contributed by atoms with van der Waals surface area (Å²) < 4.78 is 59.0. The summed E-state index contributed by atoms with van der Waals surface area (Å²) in [6.07, 6.45) is -2.50. The van der Waals surface area contributed by atoms with Crippen molar-refractivity contribution in [3.63, 3.8) is 0 Å². The van der Waals surface area contributed by atoms with Crippen molar-refractivity contribution in [2.24, 2.45) is 0 Å². The van der Waals surface area contributed by atoms with Crippen LogP contribution in [0.15, 0.2) is 44.9 Å². The van der Waals surface area contributed by atoms with Gasteiger partial charge in [-0.25, -0.2) is 14.4 Å². The Bertz CT molecular complexity index is 1530. The lowest BCUT2D eigenvalue weighted by Gasteiger charge is -2.28. The molecule has 2 atom stereocenters. The van der Waals surface area contributed by atoms with Gasteiger partial charge in [0.2, 0.25) is 0 Å². The number of ether oxygens (including phenoxy) is 5. The van der Waals surface area contributed by atoms with E-state index in [-0.39, 0.29) is 23.4 Å². The van der Waals surface area contributed by atoms with Gasteiger partial charge in [-0.15, -0.1) is 0 Å². The highest BCUT2D eigenvalue weighted by atomic mass is 32.2. The lowest BCUT2D eigenvalue weighted by Crippen LogP contribution is -2.44. The van der Waals surface area contributed by atoms with Gasteiger partial charge in [0.05, 0.1) is 18.0 Å². The molecule has 0 saturated carbocycles. The number of nitrogens with zero attached hydrogens (tertiary/aromatic N) is 2. The Labute approximate surface area is 263 Å². The first-order chi connectivity index (χ1) is 20.7.